The molecule has 2 aromatic carbocycles. The van der Waals surface area contributed by atoms with E-state index in [0.717, 1.165) is 4.31 Å². The molecule has 0 bridgehead atoms. The van der Waals surface area contributed by atoms with Crippen LogP contribution in [-0.2, 0) is 14.8 Å². The van der Waals surface area contributed by atoms with E-state index < -0.39 is 22.5 Å². The molecule has 0 saturated heterocycles. The molecule has 6 nitrogen and oxygen atoms in total. The Morgan fingerprint density at radius 3 is 2.26 bits per heavy atom. The summed E-state index contributed by atoms with van der Waals surface area (Å²) in [6.07, 6.45) is 0. The van der Waals surface area contributed by atoms with Gasteiger partial charge in [0.25, 0.3) is 0 Å². The van der Waals surface area contributed by atoms with Gasteiger partial charge < -0.3 is 10.1 Å². The van der Waals surface area contributed by atoms with Crippen LogP contribution in [0.15, 0.2) is 41.3 Å². The summed E-state index contributed by atoms with van der Waals surface area (Å²) < 4.78 is 31.4. The first-order valence-corrected chi connectivity index (χ1v) is 10.4. The van der Waals surface area contributed by atoms with Crippen molar-refractivity contribution in [2.45, 2.75) is 11.8 Å². The highest BCUT2D eigenvalue weighted by molar-refractivity contribution is 7.89. The van der Waals surface area contributed by atoms with Crippen LogP contribution in [0.25, 0.3) is 0 Å². The average molecular weight is 452 g/mol. The van der Waals surface area contributed by atoms with Gasteiger partial charge in [0.1, 0.15) is 5.75 Å². The molecule has 1 amide bonds. The Kier molecular flexibility index (Phi) is 7.36. The van der Waals surface area contributed by atoms with Crippen molar-refractivity contribution in [3.8, 4) is 5.75 Å². The minimum atomic E-state index is -3.85. The molecule has 0 saturated carbocycles. The predicted octanol–water partition coefficient (Wildman–Crippen LogP) is 4.30. The van der Waals surface area contributed by atoms with E-state index in [1.807, 2.05) is 6.92 Å². The Bertz CT molecular complexity index is 934. The second-order valence-corrected chi connectivity index (χ2v) is 8.73. The molecular formula is C17H17Cl3N2O4S. The molecule has 0 aliphatic rings. The fraction of sp³-hybridized carbons (Fsp3) is 0.235. The van der Waals surface area contributed by atoms with Crippen molar-refractivity contribution in [1.82, 2.24) is 4.31 Å². The van der Waals surface area contributed by atoms with Crippen molar-refractivity contribution in [2.75, 3.05) is 25.5 Å². The number of hydrogen-bond acceptors (Lipinski definition) is 4. The molecule has 2 aromatic rings. The summed E-state index contributed by atoms with van der Waals surface area (Å²) in [4.78, 5) is 12.3. The molecule has 27 heavy (non-hydrogen) atoms. The lowest BCUT2D eigenvalue weighted by Crippen LogP contribution is -2.35. The first-order chi connectivity index (χ1) is 12.6. The first kappa shape index (κ1) is 21.8. The third-order valence-corrected chi connectivity index (χ3v) is 6.35. The summed E-state index contributed by atoms with van der Waals surface area (Å²) in [5.74, 6) is -0.0154. The second kappa shape index (κ2) is 9.12. The number of anilines is 1. The van der Waals surface area contributed by atoms with Crippen molar-refractivity contribution >= 4 is 56.4 Å². The van der Waals surface area contributed by atoms with E-state index in [9.17, 15) is 13.2 Å². The third-order valence-electron chi connectivity index (χ3n) is 3.49. The minimum absolute atomic E-state index is 0.0498. The molecule has 0 aromatic heterocycles. The number of nitrogens with one attached hydrogen (secondary N) is 1. The maximum atomic E-state index is 12.6. The lowest BCUT2D eigenvalue weighted by Gasteiger charge is -2.17. The smallest absolute Gasteiger partial charge is 0.243 e. The topological polar surface area (TPSA) is 75.7 Å². The zero-order valence-corrected chi connectivity index (χ0v) is 17.6. The van der Waals surface area contributed by atoms with Crippen LogP contribution in [0.5, 0.6) is 5.75 Å². The molecule has 2 rings (SSSR count). The summed E-state index contributed by atoms with van der Waals surface area (Å²) in [6.45, 7) is 1.90. The monoisotopic (exact) mass is 450 g/mol. The third kappa shape index (κ3) is 5.49. The molecule has 1 N–H and O–H groups in total. The van der Waals surface area contributed by atoms with E-state index in [1.165, 1.54) is 31.3 Å². The Morgan fingerprint density at radius 2 is 1.67 bits per heavy atom. The number of benzene rings is 2. The van der Waals surface area contributed by atoms with Crippen molar-refractivity contribution < 1.29 is 17.9 Å². The molecule has 0 spiro atoms. The fourth-order valence-electron chi connectivity index (χ4n) is 2.15. The van der Waals surface area contributed by atoms with Gasteiger partial charge in [-0.3, -0.25) is 4.79 Å². The van der Waals surface area contributed by atoms with Gasteiger partial charge in [0.05, 0.1) is 38.8 Å². The second-order valence-electron chi connectivity index (χ2n) is 5.46. The van der Waals surface area contributed by atoms with Crippen LogP contribution in [0.4, 0.5) is 5.69 Å². The van der Waals surface area contributed by atoms with Gasteiger partial charge in [0, 0.05) is 7.05 Å². The molecule has 146 valence electrons. The first-order valence-electron chi connectivity index (χ1n) is 7.78. The summed E-state index contributed by atoms with van der Waals surface area (Å²) in [5.41, 5.74) is 0.239. The molecule has 10 heteroatoms. The van der Waals surface area contributed by atoms with Crippen molar-refractivity contribution in [3.05, 3.63) is 51.5 Å². The highest BCUT2D eigenvalue weighted by atomic mass is 35.5. The summed E-state index contributed by atoms with van der Waals surface area (Å²) in [6, 6.07) is 8.74. The summed E-state index contributed by atoms with van der Waals surface area (Å²) >= 11 is 17.8. The molecular weight excluding hydrogens is 435 g/mol. The number of carbonyl (C=O) groups is 1. The van der Waals surface area contributed by atoms with E-state index >= 15 is 0 Å². The van der Waals surface area contributed by atoms with Gasteiger partial charge in [-0.1, -0.05) is 34.8 Å². The van der Waals surface area contributed by atoms with Crippen LogP contribution in [0, 0.1) is 0 Å². The van der Waals surface area contributed by atoms with Gasteiger partial charge in [-0.15, -0.1) is 0 Å². The maximum absolute atomic E-state index is 12.6. The van der Waals surface area contributed by atoms with Crippen LogP contribution >= 0.6 is 34.8 Å². The standard InChI is InChI=1S/C17H17Cl3N2O4S/c1-3-26-11-4-6-12(7-5-11)27(24,25)22(2)10-17(23)21-16-9-14(19)13(18)8-15(16)20/h4-9H,3,10H2,1-2H3,(H,21,23). The quantitative estimate of drug-likeness (QED) is 0.637. The van der Waals surface area contributed by atoms with Crippen LogP contribution < -0.4 is 10.1 Å². The van der Waals surface area contributed by atoms with E-state index in [1.54, 1.807) is 12.1 Å². The van der Waals surface area contributed by atoms with Gasteiger partial charge in [-0.2, -0.15) is 4.31 Å². The number of hydrogen-bond donors (Lipinski definition) is 1. The van der Waals surface area contributed by atoms with E-state index in [-0.39, 0.29) is 25.7 Å². The highest BCUT2D eigenvalue weighted by Gasteiger charge is 2.23. The predicted molar refractivity (Wildman–Crippen MR) is 108 cm³/mol. The molecule has 0 unspecified atom stereocenters. The highest BCUT2D eigenvalue weighted by Crippen LogP contribution is 2.32. The number of rotatable bonds is 7. The number of nitrogens with zero attached hydrogens (tertiary/aromatic N) is 1. The SMILES string of the molecule is CCOc1ccc(S(=O)(=O)N(C)CC(=O)Nc2cc(Cl)c(Cl)cc2Cl)cc1. The zero-order chi connectivity index (χ0) is 20.2. The number of ether oxygens (including phenoxy) is 1. The number of amides is 1. The maximum Gasteiger partial charge on any atom is 0.243 e. The Labute approximate surface area is 173 Å². The molecule has 0 heterocycles. The lowest BCUT2D eigenvalue weighted by molar-refractivity contribution is -0.116. The molecule has 0 atom stereocenters. The largest absolute Gasteiger partial charge is 0.494 e. The molecule has 0 fully saturated rings. The Morgan fingerprint density at radius 1 is 1.07 bits per heavy atom. The Balaban J connectivity index is 2.09. The van der Waals surface area contributed by atoms with Crippen LogP contribution in [0.2, 0.25) is 15.1 Å². The summed E-state index contributed by atoms with van der Waals surface area (Å²) in [7, 11) is -2.54. The van der Waals surface area contributed by atoms with E-state index in [0.29, 0.717) is 12.4 Å². The van der Waals surface area contributed by atoms with Crippen LogP contribution in [0.1, 0.15) is 6.92 Å². The van der Waals surface area contributed by atoms with Crippen LogP contribution in [0.3, 0.4) is 0 Å². The van der Waals surface area contributed by atoms with Gasteiger partial charge in [0.15, 0.2) is 0 Å². The van der Waals surface area contributed by atoms with Gasteiger partial charge in [0.2, 0.25) is 15.9 Å². The number of halogens is 3. The van der Waals surface area contributed by atoms with Crippen molar-refractivity contribution in [3.63, 3.8) is 0 Å². The normalized spacial score (nSPS) is 11.5. The van der Waals surface area contributed by atoms with Gasteiger partial charge in [-0.05, 0) is 43.3 Å². The molecule has 0 radical (unpaired) electrons. The summed E-state index contributed by atoms with van der Waals surface area (Å²) in [5, 5.41) is 3.17. The molecule has 0 aliphatic carbocycles. The van der Waals surface area contributed by atoms with Crippen LogP contribution in [-0.4, -0.2) is 38.8 Å². The Hall–Kier alpha value is -1.51. The number of sulfonamides is 1. The zero-order valence-electron chi connectivity index (χ0n) is 14.5. The van der Waals surface area contributed by atoms with E-state index in [4.69, 9.17) is 39.5 Å². The fourth-order valence-corrected chi connectivity index (χ4v) is 3.87. The number of carbonyl (C=O) groups excluding carboxylic acids is 1. The van der Waals surface area contributed by atoms with Gasteiger partial charge >= 0.3 is 0 Å². The average Bonchev–Trinajstić information content (AvgIpc) is 2.60. The van der Waals surface area contributed by atoms with Crippen molar-refractivity contribution in [1.29, 1.82) is 0 Å². The van der Waals surface area contributed by atoms with Crippen molar-refractivity contribution in [2.24, 2.45) is 0 Å². The van der Waals surface area contributed by atoms with Gasteiger partial charge in [-0.25, -0.2) is 8.42 Å². The molecule has 0 aliphatic heterocycles. The number of likely N-dealkylation sites (N-methyl/N-ethyl adjacent to an activating group) is 1. The van der Waals surface area contributed by atoms with E-state index in [2.05, 4.69) is 5.32 Å². The lowest BCUT2D eigenvalue weighted by atomic mass is 10.3. The minimum Gasteiger partial charge on any atom is -0.494 e.